The van der Waals surface area contributed by atoms with Crippen molar-refractivity contribution in [1.82, 2.24) is 5.32 Å². The van der Waals surface area contributed by atoms with E-state index in [0.717, 1.165) is 16.8 Å². The van der Waals surface area contributed by atoms with Crippen molar-refractivity contribution in [2.45, 2.75) is 27.1 Å². The van der Waals surface area contributed by atoms with Crippen LogP contribution in [-0.2, 0) is 9.47 Å². The van der Waals surface area contributed by atoms with Gasteiger partial charge in [0.1, 0.15) is 0 Å². The first-order chi connectivity index (χ1) is 8.97. The van der Waals surface area contributed by atoms with E-state index >= 15 is 0 Å². The molecule has 0 aliphatic heterocycles. The van der Waals surface area contributed by atoms with Crippen LogP contribution >= 0.6 is 0 Å². The maximum absolute atomic E-state index is 11.8. The lowest BCUT2D eigenvalue weighted by atomic mass is 10.1. The minimum Gasteiger partial charge on any atom is -0.354 e. The number of carbonyl (C=O) groups is 1. The molecule has 0 fully saturated rings. The quantitative estimate of drug-likeness (QED) is 0.804. The zero-order chi connectivity index (χ0) is 14.4. The van der Waals surface area contributed by atoms with Gasteiger partial charge in [0.15, 0.2) is 6.29 Å². The number of hydrogen-bond donors (Lipinski definition) is 2. The predicted octanol–water partition coefficient (Wildman–Crippen LogP) is 2.35. The minimum absolute atomic E-state index is 0.269. The molecule has 1 aromatic carbocycles. The van der Waals surface area contributed by atoms with E-state index < -0.39 is 6.29 Å². The number of carbonyl (C=O) groups excluding carboxylic acids is 1. The third-order valence-electron chi connectivity index (χ3n) is 2.87. The maximum Gasteiger partial charge on any atom is 0.319 e. The van der Waals surface area contributed by atoms with Gasteiger partial charge in [0, 0.05) is 19.9 Å². The van der Waals surface area contributed by atoms with Crippen LogP contribution in [0.5, 0.6) is 0 Å². The number of ether oxygens (including phenoxy) is 2. The maximum atomic E-state index is 11.8. The third-order valence-corrected chi connectivity index (χ3v) is 2.87. The number of nitrogens with one attached hydrogen (secondary N) is 2. The molecular formula is C14H22N2O3. The molecule has 0 aliphatic rings. The van der Waals surface area contributed by atoms with E-state index in [2.05, 4.69) is 10.6 Å². The number of methoxy groups -OCH3 is 2. The number of rotatable bonds is 5. The van der Waals surface area contributed by atoms with Gasteiger partial charge in [-0.15, -0.1) is 0 Å². The summed E-state index contributed by atoms with van der Waals surface area (Å²) in [6.45, 7) is 6.28. The molecule has 0 unspecified atom stereocenters. The summed E-state index contributed by atoms with van der Waals surface area (Å²) in [7, 11) is 3.06. The molecule has 5 heteroatoms. The molecule has 0 spiro atoms. The van der Waals surface area contributed by atoms with Crippen LogP contribution in [0.4, 0.5) is 10.5 Å². The SMILES string of the molecule is COC(CNC(=O)Nc1c(C)cc(C)cc1C)OC. The van der Waals surface area contributed by atoms with Gasteiger partial charge in [-0.05, 0) is 31.9 Å². The van der Waals surface area contributed by atoms with Crippen molar-refractivity contribution in [3.05, 3.63) is 28.8 Å². The van der Waals surface area contributed by atoms with Gasteiger partial charge in [-0.25, -0.2) is 4.79 Å². The zero-order valence-corrected chi connectivity index (χ0v) is 12.2. The Hall–Kier alpha value is -1.59. The smallest absolute Gasteiger partial charge is 0.319 e. The van der Waals surface area contributed by atoms with Crippen LogP contribution in [0.25, 0.3) is 0 Å². The van der Waals surface area contributed by atoms with Crippen molar-refractivity contribution >= 4 is 11.7 Å². The molecule has 0 aromatic heterocycles. The summed E-state index contributed by atoms with van der Waals surface area (Å²) < 4.78 is 10.00. The van der Waals surface area contributed by atoms with Gasteiger partial charge in [0.2, 0.25) is 0 Å². The van der Waals surface area contributed by atoms with Crippen molar-refractivity contribution in [3.8, 4) is 0 Å². The second-order valence-corrected chi connectivity index (χ2v) is 4.51. The highest BCUT2D eigenvalue weighted by molar-refractivity contribution is 5.91. The van der Waals surface area contributed by atoms with Gasteiger partial charge in [-0.3, -0.25) is 0 Å². The summed E-state index contributed by atoms with van der Waals surface area (Å²) in [5.74, 6) is 0. The van der Waals surface area contributed by atoms with Crippen LogP contribution < -0.4 is 10.6 Å². The first-order valence-electron chi connectivity index (χ1n) is 6.16. The first-order valence-corrected chi connectivity index (χ1v) is 6.16. The minimum atomic E-state index is -0.439. The van der Waals surface area contributed by atoms with Gasteiger partial charge in [-0.2, -0.15) is 0 Å². The molecule has 0 radical (unpaired) electrons. The Labute approximate surface area is 114 Å². The molecule has 19 heavy (non-hydrogen) atoms. The van der Waals surface area contributed by atoms with E-state index in [9.17, 15) is 4.79 Å². The number of amides is 2. The van der Waals surface area contributed by atoms with Crippen molar-refractivity contribution in [1.29, 1.82) is 0 Å². The number of anilines is 1. The summed E-state index contributed by atoms with van der Waals surface area (Å²) in [6.07, 6.45) is -0.439. The highest BCUT2D eigenvalue weighted by atomic mass is 16.7. The summed E-state index contributed by atoms with van der Waals surface area (Å²) in [6, 6.07) is 3.81. The Morgan fingerprint density at radius 3 is 2.16 bits per heavy atom. The Kier molecular flexibility index (Phi) is 5.79. The largest absolute Gasteiger partial charge is 0.354 e. The third kappa shape index (κ3) is 4.54. The van der Waals surface area contributed by atoms with Crippen LogP contribution in [-0.4, -0.2) is 33.1 Å². The Balaban J connectivity index is 2.62. The monoisotopic (exact) mass is 266 g/mol. The van der Waals surface area contributed by atoms with Crippen LogP contribution in [0, 0.1) is 20.8 Å². The van der Waals surface area contributed by atoms with Crippen molar-refractivity contribution < 1.29 is 14.3 Å². The lowest BCUT2D eigenvalue weighted by molar-refractivity contribution is -0.0970. The number of aryl methyl sites for hydroxylation is 3. The van der Waals surface area contributed by atoms with Crippen LogP contribution in [0.2, 0.25) is 0 Å². The van der Waals surface area contributed by atoms with Crippen molar-refractivity contribution in [3.63, 3.8) is 0 Å². The molecule has 0 saturated heterocycles. The second kappa shape index (κ2) is 7.11. The fourth-order valence-corrected chi connectivity index (χ4v) is 1.97. The van der Waals surface area contributed by atoms with Crippen LogP contribution in [0.3, 0.4) is 0 Å². The average Bonchev–Trinajstić information content (AvgIpc) is 2.35. The van der Waals surface area contributed by atoms with Gasteiger partial charge in [0.05, 0.1) is 6.54 Å². The van der Waals surface area contributed by atoms with Gasteiger partial charge in [-0.1, -0.05) is 17.7 Å². The summed E-state index contributed by atoms with van der Waals surface area (Å²) >= 11 is 0. The lowest BCUT2D eigenvalue weighted by Crippen LogP contribution is -2.37. The highest BCUT2D eigenvalue weighted by Gasteiger charge is 2.10. The average molecular weight is 266 g/mol. The Morgan fingerprint density at radius 1 is 1.16 bits per heavy atom. The molecule has 0 heterocycles. The molecule has 0 aliphatic carbocycles. The fourth-order valence-electron chi connectivity index (χ4n) is 1.97. The molecule has 0 bridgehead atoms. The Morgan fingerprint density at radius 2 is 1.68 bits per heavy atom. The van der Waals surface area contributed by atoms with E-state index in [4.69, 9.17) is 9.47 Å². The van der Waals surface area contributed by atoms with Crippen LogP contribution in [0.15, 0.2) is 12.1 Å². The van der Waals surface area contributed by atoms with E-state index in [0.29, 0.717) is 6.54 Å². The van der Waals surface area contributed by atoms with E-state index in [1.807, 2.05) is 32.9 Å². The second-order valence-electron chi connectivity index (χ2n) is 4.51. The summed E-state index contributed by atoms with van der Waals surface area (Å²) in [5, 5.41) is 5.55. The molecule has 2 N–H and O–H groups in total. The van der Waals surface area contributed by atoms with Gasteiger partial charge in [0.25, 0.3) is 0 Å². The van der Waals surface area contributed by atoms with Crippen molar-refractivity contribution in [2.24, 2.45) is 0 Å². The molecule has 1 aromatic rings. The molecule has 0 saturated carbocycles. The lowest BCUT2D eigenvalue weighted by Gasteiger charge is -2.16. The molecule has 0 atom stereocenters. The number of benzene rings is 1. The van der Waals surface area contributed by atoms with E-state index in [-0.39, 0.29) is 6.03 Å². The van der Waals surface area contributed by atoms with Crippen molar-refractivity contribution in [2.75, 3.05) is 26.1 Å². The Bertz CT molecular complexity index is 419. The summed E-state index contributed by atoms with van der Waals surface area (Å²) in [5.41, 5.74) is 4.11. The first kappa shape index (κ1) is 15.5. The molecule has 106 valence electrons. The molecular weight excluding hydrogens is 244 g/mol. The standard InChI is InChI=1S/C14H22N2O3/c1-9-6-10(2)13(11(3)7-9)16-14(17)15-8-12(18-4)19-5/h6-7,12H,8H2,1-5H3,(H2,15,16,17). The normalized spacial score (nSPS) is 10.6. The van der Waals surface area contributed by atoms with E-state index in [1.54, 1.807) is 0 Å². The van der Waals surface area contributed by atoms with Gasteiger partial charge >= 0.3 is 6.03 Å². The predicted molar refractivity (Wildman–Crippen MR) is 75.5 cm³/mol. The number of urea groups is 1. The number of hydrogen-bond acceptors (Lipinski definition) is 3. The molecule has 2 amide bonds. The fraction of sp³-hybridized carbons (Fsp3) is 0.500. The zero-order valence-electron chi connectivity index (χ0n) is 12.2. The van der Waals surface area contributed by atoms with Gasteiger partial charge < -0.3 is 20.1 Å². The molecule has 1 rings (SSSR count). The highest BCUT2D eigenvalue weighted by Crippen LogP contribution is 2.21. The summed E-state index contributed by atoms with van der Waals surface area (Å²) in [4.78, 5) is 11.8. The van der Waals surface area contributed by atoms with E-state index in [1.165, 1.54) is 19.8 Å². The van der Waals surface area contributed by atoms with Crippen LogP contribution in [0.1, 0.15) is 16.7 Å². The topological polar surface area (TPSA) is 59.6 Å². The molecule has 5 nitrogen and oxygen atoms in total.